The molecule has 11 rings (SSSR count). The molecule has 2 aliphatic rings. The van der Waals surface area contributed by atoms with Gasteiger partial charge in [-0.3, -0.25) is 4.90 Å². The van der Waals surface area contributed by atoms with E-state index in [0.717, 1.165) is 67.4 Å². The molecule has 0 fully saturated rings. The lowest BCUT2D eigenvalue weighted by molar-refractivity contribution is 0.622. The van der Waals surface area contributed by atoms with E-state index in [2.05, 4.69) is 143 Å². The largest absolute Gasteiger partial charge is 0.467 e. The van der Waals surface area contributed by atoms with Crippen LogP contribution in [0.3, 0.4) is 0 Å². The van der Waals surface area contributed by atoms with Crippen LogP contribution in [0.25, 0.3) is 42.1 Å². The van der Waals surface area contributed by atoms with Crippen molar-refractivity contribution in [2.75, 3.05) is 9.80 Å². The standard InChI is InChI=1S/C40H23BN2O2S/c1-3-12-24(13-4-1)42-30-18-11-19-31-35(30)41(34-28-17-7-9-20-32(28)44-40(34)43(31)25-14-5-2-6-15-25)39-36(42)29-23-22-27-26-16-8-10-21-33(26)46-38(27)37(29)45-39/h1-23H. The van der Waals surface area contributed by atoms with Crippen LogP contribution in [0.1, 0.15) is 0 Å². The van der Waals surface area contributed by atoms with E-state index in [-0.39, 0.29) is 6.71 Å². The second kappa shape index (κ2) is 8.93. The summed E-state index contributed by atoms with van der Waals surface area (Å²) in [6, 6.07) is 49.5. The molecule has 4 nitrogen and oxygen atoms in total. The van der Waals surface area contributed by atoms with Gasteiger partial charge in [0.1, 0.15) is 11.2 Å². The molecule has 0 N–H and O–H groups in total. The van der Waals surface area contributed by atoms with Crippen LogP contribution in [0.15, 0.2) is 148 Å². The van der Waals surface area contributed by atoms with Crippen molar-refractivity contribution < 1.29 is 8.83 Å². The number of hydrogen-bond donors (Lipinski definition) is 0. The predicted octanol–water partition coefficient (Wildman–Crippen LogP) is 9.63. The number of nitrogens with zero attached hydrogens (tertiary/aromatic N) is 2. The molecule has 6 heteroatoms. The first-order valence-corrected chi connectivity index (χ1v) is 16.4. The lowest BCUT2D eigenvalue weighted by Crippen LogP contribution is -2.60. The molecule has 5 heterocycles. The van der Waals surface area contributed by atoms with Crippen molar-refractivity contribution in [1.82, 2.24) is 0 Å². The topological polar surface area (TPSA) is 32.8 Å². The fraction of sp³-hybridized carbons (Fsp3) is 0. The number of fused-ring (bicyclic) bond motifs is 12. The van der Waals surface area contributed by atoms with Gasteiger partial charge in [-0.2, -0.15) is 0 Å². The van der Waals surface area contributed by atoms with Crippen molar-refractivity contribution in [3.63, 3.8) is 0 Å². The second-order valence-electron chi connectivity index (χ2n) is 12.0. The molecule has 0 saturated heterocycles. The highest BCUT2D eigenvalue weighted by Gasteiger charge is 2.49. The summed E-state index contributed by atoms with van der Waals surface area (Å²) in [5.41, 5.74) is 10.6. The van der Waals surface area contributed by atoms with Gasteiger partial charge < -0.3 is 13.7 Å². The third-order valence-corrected chi connectivity index (χ3v) is 10.8. The minimum atomic E-state index is -0.156. The molecule has 0 amide bonds. The summed E-state index contributed by atoms with van der Waals surface area (Å²) in [5.74, 6) is 0.841. The molecule has 0 aliphatic carbocycles. The Balaban J connectivity index is 1.31. The maximum Gasteiger partial charge on any atom is 0.302 e. The van der Waals surface area contributed by atoms with Gasteiger partial charge in [0.2, 0.25) is 5.88 Å². The summed E-state index contributed by atoms with van der Waals surface area (Å²) < 4.78 is 16.5. The SMILES string of the molecule is c1ccc(N2c3cccc4c3B(c3oc5c(ccc6c7ccccc7sc65)c3N4c3ccccc3)c3c2oc2ccccc32)cc1. The van der Waals surface area contributed by atoms with Crippen LogP contribution in [0.5, 0.6) is 0 Å². The molecule has 46 heavy (non-hydrogen) atoms. The fourth-order valence-corrected chi connectivity index (χ4v) is 9.00. The van der Waals surface area contributed by atoms with Crippen molar-refractivity contribution >= 4 is 111 Å². The van der Waals surface area contributed by atoms with Gasteiger partial charge in [0.25, 0.3) is 0 Å². The third kappa shape index (κ3) is 3.09. The summed E-state index contributed by atoms with van der Waals surface area (Å²) in [6.45, 7) is -0.156. The maximum atomic E-state index is 7.26. The molecule has 0 bridgehead atoms. The summed E-state index contributed by atoms with van der Waals surface area (Å²) in [7, 11) is 0. The Morgan fingerprint density at radius 1 is 0.500 bits per heavy atom. The van der Waals surface area contributed by atoms with Crippen LogP contribution in [0.2, 0.25) is 0 Å². The minimum Gasteiger partial charge on any atom is -0.467 e. The summed E-state index contributed by atoms with van der Waals surface area (Å²) in [6.07, 6.45) is 0. The molecular weight excluding hydrogens is 583 g/mol. The number of rotatable bonds is 2. The van der Waals surface area contributed by atoms with Gasteiger partial charge in [0.15, 0.2) is 5.58 Å². The molecule has 2 aliphatic heterocycles. The van der Waals surface area contributed by atoms with E-state index in [1.807, 2.05) is 17.4 Å². The van der Waals surface area contributed by atoms with E-state index in [9.17, 15) is 0 Å². The molecule has 3 aromatic heterocycles. The zero-order valence-corrected chi connectivity index (χ0v) is 25.3. The zero-order chi connectivity index (χ0) is 29.9. The molecule has 0 atom stereocenters. The average Bonchev–Trinajstić information content (AvgIpc) is 3.81. The van der Waals surface area contributed by atoms with Gasteiger partial charge in [0, 0.05) is 54.5 Å². The molecule has 214 valence electrons. The first-order chi connectivity index (χ1) is 22.8. The van der Waals surface area contributed by atoms with Gasteiger partial charge in [-0.1, -0.05) is 84.9 Å². The van der Waals surface area contributed by atoms with Crippen LogP contribution < -0.4 is 26.4 Å². The molecule has 0 unspecified atom stereocenters. The Labute approximate surface area is 268 Å². The van der Waals surface area contributed by atoms with E-state index < -0.39 is 0 Å². The quantitative estimate of drug-likeness (QED) is 0.184. The van der Waals surface area contributed by atoms with Gasteiger partial charge in [-0.15, -0.1) is 11.3 Å². The smallest absolute Gasteiger partial charge is 0.302 e. The Bertz CT molecular complexity index is 2670. The summed E-state index contributed by atoms with van der Waals surface area (Å²) in [4.78, 5) is 4.69. The van der Waals surface area contributed by atoms with E-state index in [1.165, 1.54) is 25.6 Å². The van der Waals surface area contributed by atoms with E-state index in [4.69, 9.17) is 8.83 Å². The van der Waals surface area contributed by atoms with Crippen LogP contribution in [-0.4, -0.2) is 6.71 Å². The third-order valence-electron chi connectivity index (χ3n) is 9.65. The molecule has 9 aromatic rings. The molecular formula is C40H23BN2O2S. The number of thiophene rings is 1. The Hall–Kier alpha value is -5.72. The highest BCUT2D eigenvalue weighted by molar-refractivity contribution is 7.26. The zero-order valence-electron chi connectivity index (χ0n) is 24.5. The second-order valence-corrected chi connectivity index (χ2v) is 13.1. The number of anilines is 6. The molecule has 0 spiro atoms. The van der Waals surface area contributed by atoms with Gasteiger partial charge in [-0.05, 0) is 60.1 Å². The highest BCUT2D eigenvalue weighted by atomic mass is 32.1. The van der Waals surface area contributed by atoms with Crippen LogP contribution in [0, 0.1) is 0 Å². The van der Waals surface area contributed by atoms with Crippen molar-refractivity contribution in [2.24, 2.45) is 0 Å². The van der Waals surface area contributed by atoms with E-state index >= 15 is 0 Å². The monoisotopic (exact) mass is 606 g/mol. The predicted molar refractivity (Wildman–Crippen MR) is 193 cm³/mol. The Morgan fingerprint density at radius 2 is 1.15 bits per heavy atom. The molecule has 0 saturated carbocycles. The first-order valence-electron chi connectivity index (χ1n) is 15.6. The van der Waals surface area contributed by atoms with Gasteiger partial charge in [0.05, 0.1) is 10.4 Å². The average molecular weight is 607 g/mol. The first kappa shape index (κ1) is 24.6. The minimum absolute atomic E-state index is 0.156. The van der Waals surface area contributed by atoms with E-state index in [0.29, 0.717) is 0 Å². The fourth-order valence-electron chi connectivity index (χ4n) is 7.81. The Kier molecular flexibility index (Phi) is 4.78. The van der Waals surface area contributed by atoms with Gasteiger partial charge in [-0.25, -0.2) is 0 Å². The van der Waals surface area contributed by atoms with Crippen molar-refractivity contribution in [1.29, 1.82) is 0 Å². The number of para-hydroxylation sites is 3. The molecule has 0 radical (unpaired) electrons. The summed E-state index contributed by atoms with van der Waals surface area (Å²) in [5, 5.41) is 4.73. The van der Waals surface area contributed by atoms with Crippen LogP contribution >= 0.6 is 11.3 Å². The summed E-state index contributed by atoms with van der Waals surface area (Å²) >= 11 is 1.81. The number of benzene rings is 6. The number of furan rings is 2. The normalized spacial score (nSPS) is 13.5. The number of hydrogen-bond acceptors (Lipinski definition) is 5. The van der Waals surface area contributed by atoms with Crippen molar-refractivity contribution in [2.45, 2.75) is 0 Å². The molecule has 6 aromatic carbocycles. The van der Waals surface area contributed by atoms with Gasteiger partial charge >= 0.3 is 6.71 Å². The van der Waals surface area contributed by atoms with Crippen molar-refractivity contribution in [3.05, 3.63) is 140 Å². The highest BCUT2D eigenvalue weighted by Crippen LogP contribution is 2.49. The lowest BCUT2D eigenvalue weighted by Gasteiger charge is -2.40. The Morgan fingerprint density at radius 3 is 1.96 bits per heavy atom. The van der Waals surface area contributed by atoms with Crippen molar-refractivity contribution in [3.8, 4) is 0 Å². The van der Waals surface area contributed by atoms with Crippen LogP contribution in [-0.2, 0) is 0 Å². The maximum absolute atomic E-state index is 7.26. The van der Waals surface area contributed by atoms with E-state index in [1.54, 1.807) is 0 Å². The lowest BCUT2D eigenvalue weighted by atomic mass is 9.35. The van der Waals surface area contributed by atoms with Crippen LogP contribution in [0.4, 0.5) is 34.3 Å².